The van der Waals surface area contributed by atoms with E-state index in [1.165, 1.54) is 0 Å². The first-order valence-corrected chi connectivity index (χ1v) is 13.2. The van der Waals surface area contributed by atoms with Crippen LogP contribution in [0.15, 0.2) is 36.4 Å². The summed E-state index contributed by atoms with van der Waals surface area (Å²) in [5, 5.41) is 2.47. The van der Waals surface area contributed by atoms with Gasteiger partial charge in [0.2, 0.25) is 18.2 Å². The van der Waals surface area contributed by atoms with Crippen LogP contribution in [0.2, 0.25) is 0 Å². The normalized spacial score (nSPS) is 21.8. The van der Waals surface area contributed by atoms with E-state index in [-0.39, 0.29) is 0 Å². The first-order chi connectivity index (χ1) is 20.7. The van der Waals surface area contributed by atoms with Crippen molar-refractivity contribution in [1.82, 2.24) is 5.32 Å². The van der Waals surface area contributed by atoms with Crippen molar-refractivity contribution in [2.75, 3.05) is 6.61 Å². The van der Waals surface area contributed by atoms with Gasteiger partial charge in [-0.15, -0.1) is 0 Å². The molecule has 1 N–H and O–H groups in total. The number of hydrogen-bond acceptors (Lipinski definition) is 11. The van der Waals surface area contributed by atoms with Gasteiger partial charge in [0.15, 0.2) is 29.6 Å². The molecule has 0 radical (unpaired) electrons. The van der Waals surface area contributed by atoms with Crippen LogP contribution in [0, 0.1) is 17.5 Å². The molecule has 5 unspecified atom stereocenters. The molecule has 2 aromatic rings. The van der Waals surface area contributed by atoms with Crippen LogP contribution < -0.4 is 10.1 Å². The summed E-state index contributed by atoms with van der Waals surface area (Å²) in [5.74, 6) is -11.5. The van der Waals surface area contributed by atoms with Crippen molar-refractivity contribution in [2.24, 2.45) is 0 Å². The van der Waals surface area contributed by atoms with Gasteiger partial charge in [-0.3, -0.25) is 24.0 Å². The Kier molecular flexibility index (Phi) is 11.3. The molecule has 1 saturated heterocycles. The van der Waals surface area contributed by atoms with E-state index >= 15 is 8.78 Å². The van der Waals surface area contributed by atoms with Crippen molar-refractivity contribution in [3.05, 3.63) is 65.0 Å². The summed E-state index contributed by atoms with van der Waals surface area (Å²) in [6.07, 6.45) is -8.78. The highest BCUT2D eigenvalue weighted by molar-refractivity contribution is 5.95. The lowest BCUT2D eigenvalue weighted by atomic mass is 9.98. The Balaban J connectivity index is 2.05. The minimum absolute atomic E-state index is 0.331. The predicted molar refractivity (Wildman–Crippen MR) is 141 cm³/mol. The van der Waals surface area contributed by atoms with Crippen LogP contribution in [-0.4, -0.2) is 67.1 Å². The third kappa shape index (κ3) is 8.46. The van der Waals surface area contributed by atoms with Crippen LogP contribution in [0.4, 0.5) is 13.2 Å². The number of ether oxygens (including phenoxy) is 6. The van der Waals surface area contributed by atoms with Gasteiger partial charge in [0.25, 0.3) is 5.91 Å². The smallest absolute Gasteiger partial charge is 0.303 e. The van der Waals surface area contributed by atoms with E-state index in [0.29, 0.717) is 11.6 Å². The molecular formula is C29H30F3NO11. The molecular weight excluding hydrogens is 595 g/mol. The van der Waals surface area contributed by atoms with E-state index in [1.54, 1.807) is 37.3 Å². The van der Waals surface area contributed by atoms with Gasteiger partial charge in [-0.25, -0.2) is 8.78 Å². The molecule has 1 aliphatic heterocycles. The molecule has 1 heterocycles. The molecule has 238 valence electrons. The van der Waals surface area contributed by atoms with Crippen LogP contribution in [0.3, 0.4) is 0 Å². The topological polar surface area (TPSA) is 153 Å². The summed E-state index contributed by atoms with van der Waals surface area (Å²) in [7, 11) is 0. The molecule has 0 aromatic heterocycles. The Hall–Kier alpha value is -4.66. The summed E-state index contributed by atoms with van der Waals surface area (Å²) >= 11 is 0. The van der Waals surface area contributed by atoms with Crippen LogP contribution in [0.1, 0.15) is 56.6 Å². The van der Waals surface area contributed by atoms with Crippen LogP contribution in [0.25, 0.3) is 0 Å². The number of rotatable bonds is 10. The third-order valence-electron chi connectivity index (χ3n) is 6.19. The monoisotopic (exact) mass is 625 g/mol. The zero-order valence-electron chi connectivity index (χ0n) is 24.3. The molecule has 15 heteroatoms. The van der Waals surface area contributed by atoms with Gasteiger partial charge >= 0.3 is 23.9 Å². The molecule has 1 aliphatic rings. The molecule has 1 fully saturated rings. The molecule has 12 nitrogen and oxygen atoms in total. The summed E-state index contributed by atoms with van der Waals surface area (Å²) in [4.78, 5) is 60.3. The second-order valence-corrected chi connectivity index (χ2v) is 9.65. The van der Waals surface area contributed by atoms with Crippen molar-refractivity contribution < 1.29 is 65.6 Å². The molecule has 2 aromatic carbocycles. The maximum absolute atomic E-state index is 15.7. The average molecular weight is 626 g/mol. The number of esters is 4. The fourth-order valence-corrected chi connectivity index (χ4v) is 4.35. The maximum atomic E-state index is 15.7. The maximum Gasteiger partial charge on any atom is 0.303 e. The molecule has 44 heavy (non-hydrogen) atoms. The van der Waals surface area contributed by atoms with Gasteiger partial charge in [-0.2, -0.15) is 4.39 Å². The van der Waals surface area contributed by atoms with Crippen molar-refractivity contribution in [2.45, 2.75) is 71.4 Å². The Morgan fingerprint density at radius 3 is 1.95 bits per heavy atom. The number of hydrogen-bond donors (Lipinski definition) is 1. The van der Waals surface area contributed by atoms with Crippen LogP contribution in [-0.2, 0) is 42.9 Å². The molecule has 1 amide bonds. The minimum atomic E-state index is -2.08. The highest BCUT2D eigenvalue weighted by atomic mass is 19.2. The average Bonchev–Trinajstić information content (AvgIpc) is 2.94. The Morgan fingerprint density at radius 2 is 1.39 bits per heavy atom. The first kappa shape index (κ1) is 33.8. The fraction of sp³-hybridized carbons (Fsp3) is 0.414. The Bertz CT molecular complexity index is 1400. The zero-order valence-corrected chi connectivity index (χ0v) is 24.3. The Morgan fingerprint density at radius 1 is 0.818 bits per heavy atom. The summed E-state index contributed by atoms with van der Waals surface area (Å²) in [6.45, 7) is 4.88. The second-order valence-electron chi connectivity index (χ2n) is 9.65. The van der Waals surface area contributed by atoms with E-state index in [2.05, 4.69) is 5.32 Å². The van der Waals surface area contributed by atoms with Gasteiger partial charge < -0.3 is 33.7 Å². The van der Waals surface area contributed by atoms with Gasteiger partial charge in [0, 0.05) is 27.7 Å². The molecule has 6 atom stereocenters. The molecule has 0 spiro atoms. The number of carbonyl (C=O) groups excluding carboxylic acids is 5. The van der Waals surface area contributed by atoms with Crippen LogP contribution >= 0.6 is 0 Å². The SMILES string of the molecule is CC(=O)OCC1OC(Oc2c(F)c(F)cc(C(=O)N[C@@H](C)c3ccccc3)c2F)C(OC(C)=O)C(OC(C)=O)C1OC(C)=O. The minimum Gasteiger partial charge on any atom is -0.463 e. The van der Waals surface area contributed by atoms with Crippen molar-refractivity contribution in [1.29, 1.82) is 0 Å². The number of amides is 1. The number of nitrogens with one attached hydrogen (secondary N) is 1. The van der Waals surface area contributed by atoms with Gasteiger partial charge in [-0.05, 0) is 18.6 Å². The predicted octanol–water partition coefficient (Wildman–Crippen LogP) is 3.06. The number of halogens is 3. The standard InChI is InChI=1S/C29H30F3NO11/c1-13(18-9-7-6-8-10-18)33-28(38)19-11-20(30)23(32)25(22(19)31)44-29-27(42-17(5)37)26(41-16(4)36)24(40-15(3)35)21(43-29)12-39-14(2)34/h6-11,13,21,24,26-27,29H,12H2,1-5H3,(H,33,38)/t13-,21?,24?,26?,27?,29?/m0/s1. The van der Waals surface area contributed by atoms with E-state index in [1.807, 2.05) is 0 Å². The molecule has 0 bridgehead atoms. The van der Waals surface area contributed by atoms with E-state index in [0.717, 1.165) is 27.7 Å². The molecule has 0 aliphatic carbocycles. The summed E-state index contributed by atoms with van der Waals surface area (Å²) < 4.78 is 77.0. The highest BCUT2D eigenvalue weighted by Crippen LogP contribution is 2.34. The third-order valence-corrected chi connectivity index (χ3v) is 6.19. The van der Waals surface area contributed by atoms with Crippen molar-refractivity contribution in [3.8, 4) is 5.75 Å². The second kappa shape index (κ2) is 14.7. The zero-order chi connectivity index (χ0) is 32.7. The highest BCUT2D eigenvalue weighted by Gasteiger charge is 2.54. The van der Waals surface area contributed by atoms with E-state index < -0.39 is 102 Å². The lowest BCUT2D eigenvalue weighted by molar-refractivity contribution is -0.289. The van der Waals surface area contributed by atoms with E-state index in [9.17, 15) is 28.4 Å². The van der Waals surface area contributed by atoms with Crippen molar-refractivity contribution in [3.63, 3.8) is 0 Å². The summed E-state index contributed by atoms with van der Waals surface area (Å²) in [6, 6.07) is 8.19. The van der Waals surface area contributed by atoms with Gasteiger partial charge in [-0.1, -0.05) is 30.3 Å². The van der Waals surface area contributed by atoms with E-state index in [4.69, 9.17) is 28.4 Å². The largest absolute Gasteiger partial charge is 0.463 e. The molecule has 3 rings (SSSR count). The lowest BCUT2D eigenvalue weighted by Gasteiger charge is -2.43. The van der Waals surface area contributed by atoms with Crippen molar-refractivity contribution >= 4 is 29.8 Å². The summed E-state index contributed by atoms with van der Waals surface area (Å²) in [5.41, 5.74) is -0.301. The quantitative estimate of drug-likeness (QED) is 0.236. The molecule has 0 saturated carbocycles. The number of benzene rings is 2. The lowest BCUT2D eigenvalue weighted by Crippen LogP contribution is -2.63. The first-order valence-electron chi connectivity index (χ1n) is 13.2. The van der Waals surface area contributed by atoms with Gasteiger partial charge in [0.05, 0.1) is 11.6 Å². The number of carbonyl (C=O) groups is 5. The van der Waals surface area contributed by atoms with Crippen LogP contribution in [0.5, 0.6) is 5.75 Å². The van der Waals surface area contributed by atoms with Gasteiger partial charge in [0.1, 0.15) is 12.7 Å². The fourth-order valence-electron chi connectivity index (χ4n) is 4.35. The Labute approximate surface area is 249 Å².